The molecule has 0 unspecified atom stereocenters. The Morgan fingerprint density at radius 3 is 2.53 bits per heavy atom. The Labute approximate surface area is 95.9 Å². The maximum atomic E-state index is 11.3. The second kappa shape index (κ2) is 3.92. The third kappa shape index (κ3) is 2.19. The van der Waals surface area contributed by atoms with Crippen LogP contribution in [-0.2, 0) is 9.05 Å². The SMILES string of the molecule is O=S(=O)(Cl)c1ccccc1-c1ccns1. The second-order valence-electron chi connectivity index (χ2n) is 2.81. The Kier molecular flexibility index (Phi) is 2.77. The summed E-state index contributed by atoms with van der Waals surface area (Å²) in [6, 6.07) is 8.35. The number of benzene rings is 1. The fourth-order valence-corrected chi connectivity index (χ4v) is 3.02. The Hall–Kier alpha value is -0.910. The predicted octanol–water partition coefficient (Wildman–Crippen LogP) is 2.74. The Bertz CT molecular complexity index is 564. The van der Waals surface area contributed by atoms with Gasteiger partial charge in [0.1, 0.15) is 0 Å². The quantitative estimate of drug-likeness (QED) is 0.779. The van der Waals surface area contributed by atoms with E-state index in [2.05, 4.69) is 4.37 Å². The minimum Gasteiger partial charge on any atom is -0.207 e. The molecule has 1 aromatic heterocycles. The molecule has 0 aliphatic rings. The van der Waals surface area contributed by atoms with Crippen molar-refractivity contribution in [2.24, 2.45) is 0 Å². The zero-order chi connectivity index (χ0) is 10.9. The molecule has 2 rings (SSSR count). The summed E-state index contributed by atoms with van der Waals surface area (Å²) in [5.41, 5.74) is 0.593. The minimum atomic E-state index is -3.71. The van der Waals surface area contributed by atoms with E-state index in [1.165, 1.54) is 17.6 Å². The van der Waals surface area contributed by atoms with Gasteiger partial charge in [0.2, 0.25) is 0 Å². The van der Waals surface area contributed by atoms with Crippen molar-refractivity contribution in [3.8, 4) is 10.4 Å². The third-order valence-corrected chi connectivity index (χ3v) is 4.01. The molecule has 0 amide bonds. The number of hydrogen-bond acceptors (Lipinski definition) is 4. The van der Waals surface area contributed by atoms with E-state index in [0.29, 0.717) is 5.56 Å². The van der Waals surface area contributed by atoms with Crippen LogP contribution in [0.5, 0.6) is 0 Å². The third-order valence-electron chi connectivity index (χ3n) is 1.85. The minimum absolute atomic E-state index is 0.121. The first-order valence-corrected chi connectivity index (χ1v) is 7.12. The highest BCUT2D eigenvalue weighted by atomic mass is 35.7. The molecule has 0 aliphatic carbocycles. The maximum absolute atomic E-state index is 11.3. The van der Waals surface area contributed by atoms with Gasteiger partial charge in [-0.2, -0.15) is 0 Å². The fraction of sp³-hybridized carbons (Fsp3) is 0. The monoisotopic (exact) mass is 259 g/mol. The molecule has 78 valence electrons. The molecule has 0 atom stereocenters. The standard InChI is InChI=1S/C9H6ClNO2S2/c10-15(12,13)9-4-2-1-3-7(9)8-5-6-11-14-8/h1-6H. The molecule has 1 heterocycles. The van der Waals surface area contributed by atoms with E-state index in [1.807, 2.05) is 0 Å². The van der Waals surface area contributed by atoms with Crippen LogP contribution >= 0.6 is 22.2 Å². The van der Waals surface area contributed by atoms with E-state index < -0.39 is 9.05 Å². The molecule has 15 heavy (non-hydrogen) atoms. The molecule has 0 aliphatic heterocycles. The molecular formula is C9H6ClNO2S2. The summed E-state index contributed by atoms with van der Waals surface area (Å²) < 4.78 is 26.5. The average Bonchev–Trinajstić information content (AvgIpc) is 2.69. The first-order chi connectivity index (χ1) is 7.09. The maximum Gasteiger partial charge on any atom is 0.261 e. The van der Waals surface area contributed by atoms with Gasteiger partial charge in [-0.15, -0.1) is 0 Å². The lowest BCUT2D eigenvalue weighted by atomic mass is 10.2. The van der Waals surface area contributed by atoms with Gasteiger partial charge < -0.3 is 0 Å². The summed E-state index contributed by atoms with van der Waals surface area (Å²) >= 11 is 1.23. The predicted molar refractivity (Wildman–Crippen MR) is 60.6 cm³/mol. The molecule has 0 radical (unpaired) electrons. The van der Waals surface area contributed by atoms with E-state index in [4.69, 9.17) is 10.7 Å². The highest BCUT2D eigenvalue weighted by molar-refractivity contribution is 8.13. The number of nitrogens with zero attached hydrogens (tertiary/aromatic N) is 1. The van der Waals surface area contributed by atoms with E-state index in [-0.39, 0.29) is 4.90 Å². The number of rotatable bonds is 2. The molecule has 0 bridgehead atoms. The first kappa shape index (κ1) is 10.6. The van der Waals surface area contributed by atoms with Gasteiger partial charge in [-0.25, -0.2) is 12.8 Å². The van der Waals surface area contributed by atoms with Crippen LogP contribution in [0.25, 0.3) is 10.4 Å². The van der Waals surface area contributed by atoms with Crippen molar-refractivity contribution in [2.75, 3.05) is 0 Å². The summed E-state index contributed by atoms with van der Waals surface area (Å²) in [6.07, 6.45) is 1.62. The molecule has 0 saturated heterocycles. The van der Waals surface area contributed by atoms with Gasteiger partial charge in [0.05, 0.1) is 9.77 Å². The normalized spacial score (nSPS) is 11.5. The Morgan fingerprint density at radius 2 is 1.93 bits per heavy atom. The van der Waals surface area contributed by atoms with Crippen LogP contribution < -0.4 is 0 Å². The molecule has 2 aromatic rings. The van der Waals surface area contributed by atoms with E-state index in [1.54, 1.807) is 30.5 Å². The Morgan fingerprint density at radius 1 is 1.20 bits per heavy atom. The average molecular weight is 260 g/mol. The van der Waals surface area contributed by atoms with Crippen molar-refractivity contribution < 1.29 is 8.42 Å². The zero-order valence-corrected chi connectivity index (χ0v) is 9.81. The van der Waals surface area contributed by atoms with Gasteiger partial charge in [0.15, 0.2) is 0 Å². The van der Waals surface area contributed by atoms with Gasteiger partial charge in [-0.3, -0.25) is 0 Å². The van der Waals surface area contributed by atoms with Gasteiger partial charge in [0, 0.05) is 22.4 Å². The molecule has 6 heteroatoms. The zero-order valence-electron chi connectivity index (χ0n) is 7.42. The molecule has 0 fully saturated rings. The lowest BCUT2D eigenvalue weighted by Gasteiger charge is -2.02. The van der Waals surface area contributed by atoms with Crippen LogP contribution in [0.1, 0.15) is 0 Å². The van der Waals surface area contributed by atoms with E-state index >= 15 is 0 Å². The van der Waals surface area contributed by atoms with Crippen molar-refractivity contribution in [2.45, 2.75) is 4.90 Å². The number of hydrogen-bond donors (Lipinski definition) is 0. The van der Waals surface area contributed by atoms with Crippen LogP contribution in [0.2, 0.25) is 0 Å². The summed E-state index contributed by atoms with van der Waals surface area (Å²) in [4.78, 5) is 0.908. The van der Waals surface area contributed by atoms with Gasteiger partial charge in [0.25, 0.3) is 9.05 Å². The van der Waals surface area contributed by atoms with Crippen LogP contribution in [0.3, 0.4) is 0 Å². The van der Waals surface area contributed by atoms with Crippen molar-refractivity contribution in [3.63, 3.8) is 0 Å². The largest absolute Gasteiger partial charge is 0.261 e. The summed E-state index contributed by atoms with van der Waals surface area (Å²) in [6.45, 7) is 0. The summed E-state index contributed by atoms with van der Waals surface area (Å²) in [7, 11) is 1.63. The molecule has 3 nitrogen and oxygen atoms in total. The summed E-state index contributed by atoms with van der Waals surface area (Å²) in [5.74, 6) is 0. The fourth-order valence-electron chi connectivity index (χ4n) is 1.24. The van der Waals surface area contributed by atoms with Crippen LogP contribution in [0.15, 0.2) is 41.4 Å². The lowest BCUT2D eigenvalue weighted by molar-refractivity contribution is 0.610. The van der Waals surface area contributed by atoms with E-state index in [0.717, 1.165) is 4.88 Å². The lowest BCUT2D eigenvalue weighted by Crippen LogP contribution is -1.92. The topological polar surface area (TPSA) is 47.0 Å². The second-order valence-corrected chi connectivity index (χ2v) is 6.18. The van der Waals surface area contributed by atoms with Crippen molar-refractivity contribution in [3.05, 3.63) is 36.5 Å². The van der Waals surface area contributed by atoms with Crippen LogP contribution in [0, 0.1) is 0 Å². The van der Waals surface area contributed by atoms with Crippen molar-refractivity contribution in [1.29, 1.82) is 0 Å². The van der Waals surface area contributed by atoms with Gasteiger partial charge in [-0.05, 0) is 23.7 Å². The Balaban J connectivity index is 2.68. The van der Waals surface area contributed by atoms with Crippen molar-refractivity contribution in [1.82, 2.24) is 4.37 Å². The molecular weight excluding hydrogens is 254 g/mol. The molecule has 0 N–H and O–H groups in total. The van der Waals surface area contributed by atoms with Gasteiger partial charge in [-0.1, -0.05) is 18.2 Å². The first-order valence-electron chi connectivity index (χ1n) is 4.04. The molecule has 0 spiro atoms. The number of aromatic nitrogens is 1. The van der Waals surface area contributed by atoms with Gasteiger partial charge >= 0.3 is 0 Å². The highest BCUT2D eigenvalue weighted by Crippen LogP contribution is 2.31. The van der Waals surface area contributed by atoms with Crippen LogP contribution in [0.4, 0.5) is 0 Å². The smallest absolute Gasteiger partial charge is 0.207 e. The van der Waals surface area contributed by atoms with Crippen molar-refractivity contribution >= 4 is 31.3 Å². The number of halogens is 1. The molecule has 1 aromatic carbocycles. The summed E-state index contributed by atoms with van der Waals surface area (Å²) in [5, 5.41) is 0. The van der Waals surface area contributed by atoms with E-state index in [9.17, 15) is 8.42 Å². The van der Waals surface area contributed by atoms with Crippen LogP contribution in [-0.4, -0.2) is 12.8 Å². The highest BCUT2D eigenvalue weighted by Gasteiger charge is 2.16. The molecule has 0 saturated carbocycles.